The second-order valence-electron chi connectivity index (χ2n) is 18.3. The Morgan fingerprint density at radius 3 is 1.71 bits per heavy atom. The number of allylic oxidation sites excluding steroid dienone is 2. The van der Waals surface area contributed by atoms with Gasteiger partial charge in [0.2, 0.25) is 0 Å². The van der Waals surface area contributed by atoms with Crippen LogP contribution in [0.4, 0.5) is 0 Å². The van der Waals surface area contributed by atoms with E-state index in [-0.39, 0.29) is 46.0 Å². The Morgan fingerprint density at radius 1 is 0.694 bits per heavy atom. The summed E-state index contributed by atoms with van der Waals surface area (Å²) in [6, 6.07) is 0. The lowest BCUT2D eigenvalue weighted by Crippen LogP contribution is -2.48. The van der Waals surface area contributed by atoms with E-state index in [0.717, 1.165) is 19.3 Å². The lowest BCUT2D eigenvalue weighted by molar-refractivity contribution is 0.00320. The van der Waals surface area contributed by atoms with Gasteiger partial charge >= 0.3 is 0 Å². The normalized spacial score (nSPS) is 20.9. The SMILES string of the molecule is C=C/C=C\[C@H](C)[C@H](O)[C@@H](C)[C@@H](CC[C@H](C)C[C@H](C)[C@@H](O[Si](C)(C)C(C)(C)C)[C@@H](C)/C=C\[C@@H](O)C[C@H](O)[C@H](C)/C=C/I)O[Si](C)(C)C(C)(C)C. The molecular weight excluding hydrogens is 756 g/mol. The Kier molecular flexibility index (Phi) is 21.5. The molecule has 0 saturated carbocycles. The molecule has 8 heteroatoms. The zero-order valence-corrected chi connectivity index (χ0v) is 38.6. The van der Waals surface area contributed by atoms with Gasteiger partial charge in [0, 0.05) is 24.2 Å². The Labute approximate surface area is 319 Å². The molecule has 288 valence electrons. The lowest BCUT2D eigenvalue weighted by Gasteiger charge is -2.43. The van der Waals surface area contributed by atoms with E-state index in [2.05, 4.69) is 138 Å². The van der Waals surface area contributed by atoms with Gasteiger partial charge in [-0.3, -0.25) is 0 Å². The summed E-state index contributed by atoms with van der Waals surface area (Å²) in [4.78, 5) is 0. The van der Waals surface area contributed by atoms with Crippen molar-refractivity contribution >= 4 is 39.2 Å². The molecule has 0 aliphatic carbocycles. The molecule has 0 aliphatic heterocycles. The van der Waals surface area contributed by atoms with Crippen molar-refractivity contribution in [3.63, 3.8) is 0 Å². The number of hydrogen-bond donors (Lipinski definition) is 3. The fourth-order valence-electron chi connectivity index (χ4n) is 5.84. The maximum absolute atomic E-state index is 11.4. The minimum Gasteiger partial charge on any atom is -0.414 e. The molecule has 11 atom stereocenters. The van der Waals surface area contributed by atoms with Crippen LogP contribution in [-0.4, -0.2) is 62.5 Å². The number of hydrogen-bond acceptors (Lipinski definition) is 5. The smallest absolute Gasteiger partial charge is 0.192 e. The van der Waals surface area contributed by atoms with Crippen LogP contribution < -0.4 is 0 Å². The second kappa shape index (κ2) is 21.6. The highest BCUT2D eigenvalue weighted by atomic mass is 127. The molecule has 0 fully saturated rings. The molecule has 0 unspecified atom stereocenters. The van der Waals surface area contributed by atoms with Gasteiger partial charge in [-0.15, -0.1) is 0 Å². The molecule has 0 aliphatic rings. The van der Waals surface area contributed by atoms with E-state index < -0.39 is 34.9 Å². The van der Waals surface area contributed by atoms with E-state index in [1.54, 1.807) is 6.08 Å². The van der Waals surface area contributed by atoms with Gasteiger partial charge in [-0.05, 0) is 77.4 Å². The van der Waals surface area contributed by atoms with Gasteiger partial charge in [-0.1, -0.05) is 149 Å². The fraction of sp³-hybridized carbons (Fsp3) is 0.805. The molecule has 3 N–H and O–H groups in total. The highest BCUT2D eigenvalue weighted by molar-refractivity contribution is 14.1. The monoisotopic (exact) mass is 834 g/mol. The van der Waals surface area contributed by atoms with E-state index in [9.17, 15) is 15.3 Å². The third kappa shape index (κ3) is 17.1. The quantitative estimate of drug-likeness (QED) is 0.0438. The largest absolute Gasteiger partial charge is 0.414 e. The molecular formula is C41H79IO5Si2. The molecule has 0 bridgehead atoms. The molecule has 0 aromatic heterocycles. The average Bonchev–Trinajstić information content (AvgIpc) is 2.97. The molecule has 0 spiro atoms. The molecule has 0 amide bonds. The number of rotatable bonds is 22. The Hall–Kier alpha value is -0.0762. The zero-order valence-electron chi connectivity index (χ0n) is 34.5. The molecule has 0 rings (SSSR count). The van der Waals surface area contributed by atoms with Crippen LogP contribution in [0.1, 0.15) is 109 Å². The highest BCUT2D eigenvalue weighted by Gasteiger charge is 2.43. The third-order valence-corrected chi connectivity index (χ3v) is 21.0. The van der Waals surface area contributed by atoms with Crippen LogP contribution in [0.2, 0.25) is 36.3 Å². The van der Waals surface area contributed by atoms with Gasteiger partial charge in [-0.2, -0.15) is 0 Å². The summed E-state index contributed by atoms with van der Waals surface area (Å²) in [7, 11) is -4.15. The van der Waals surface area contributed by atoms with E-state index in [1.807, 2.05) is 35.3 Å². The van der Waals surface area contributed by atoms with Gasteiger partial charge in [0.25, 0.3) is 0 Å². The van der Waals surface area contributed by atoms with Crippen LogP contribution in [0.5, 0.6) is 0 Å². The summed E-state index contributed by atoms with van der Waals surface area (Å²) >= 11 is 2.16. The van der Waals surface area contributed by atoms with Crippen molar-refractivity contribution in [2.45, 2.75) is 176 Å². The van der Waals surface area contributed by atoms with E-state index in [1.165, 1.54) is 0 Å². The Balaban J connectivity index is 6.07. The molecule has 5 nitrogen and oxygen atoms in total. The molecule has 49 heavy (non-hydrogen) atoms. The number of aliphatic hydroxyl groups excluding tert-OH is 3. The molecule has 0 aromatic carbocycles. The van der Waals surface area contributed by atoms with Crippen LogP contribution in [0.25, 0.3) is 0 Å². The van der Waals surface area contributed by atoms with Gasteiger partial charge in [-0.25, -0.2) is 0 Å². The maximum atomic E-state index is 11.4. The van der Waals surface area contributed by atoms with Gasteiger partial charge in [0.1, 0.15) is 0 Å². The predicted octanol–water partition coefficient (Wildman–Crippen LogP) is 11.5. The van der Waals surface area contributed by atoms with E-state index in [0.29, 0.717) is 18.3 Å². The van der Waals surface area contributed by atoms with E-state index >= 15 is 0 Å². The van der Waals surface area contributed by atoms with Crippen LogP contribution in [0.3, 0.4) is 0 Å². The molecule has 0 aromatic rings. The van der Waals surface area contributed by atoms with Crippen molar-refractivity contribution in [2.75, 3.05) is 0 Å². The first kappa shape index (κ1) is 48.9. The topological polar surface area (TPSA) is 79.2 Å². The summed E-state index contributed by atoms with van der Waals surface area (Å²) in [6.07, 6.45) is 13.0. The first-order valence-corrected chi connectivity index (χ1v) is 25.9. The van der Waals surface area contributed by atoms with Gasteiger partial charge in [0.05, 0.1) is 30.5 Å². The molecule has 0 radical (unpaired) electrons. The summed E-state index contributed by atoms with van der Waals surface area (Å²) in [6.45, 7) is 39.8. The summed E-state index contributed by atoms with van der Waals surface area (Å²) in [5, 5.41) is 32.9. The van der Waals surface area contributed by atoms with Gasteiger partial charge < -0.3 is 24.2 Å². The Bertz CT molecular complexity index is 1030. The third-order valence-electron chi connectivity index (χ3n) is 11.6. The highest BCUT2D eigenvalue weighted by Crippen LogP contribution is 2.42. The maximum Gasteiger partial charge on any atom is 0.192 e. The van der Waals surface area contributed by atoms with Crippen molar-refractivity contribution in [1.82, 2.24) is 0 Å². The first-order valence-electron chi connectivity index (χ1n) is 18.9. The van der Waals surface area contributed by atoms with Gasteiger partial charge in [0.15, 0.2) is 16.6 Å². The second-order valence-corrected chi connectivity index (χ2v) is 28.5. The first-order chi connectivity index (χ1) is 22.2. The predicted molar refractivity (Wildman–Crippen MR) is 227 cm³/mol. The van der Waals surface area contributed by atoms with Crippen molar-refractivity contribution in [3.8, 4) is 0 Å². The standard InChI is InChI=1S/C41H79IO5Si2/c1-18-19-20-31(4)38(45)34(7)37(46-48(14,15)40(8,9)10)24-21-29(2)27-33(6)39(47-49(16,17)41(11,12)13)32(5)22-23-35(43)28-36(44)30(3)25-26-42/h18-20,22-23,25-26,29-39,43-45H,1,21,24,27-28H2,2-17H3/b20-19-,23-22-,26-25+/t29-,30+,31-,32-,33-,34-,35+,36-,37+,38-,39-/m0/s1. The van der Waals surface area contributed by atoms with Crippen LogP contribution in [0, 0.1) is 35.5 Å². The average molecular weight is 835 g/mol. The summed E-state index contributed by atoms with van der Waals surface area (Å²) in [5.41, 5.74) is 0. The van der Waals surface area contributed by atoms with Crippen LogP contribution in [0.15, 0.2) is 47.1 Å². The summed E-state index contributed by atoms with van der Waals surface area (Å²) < 4.78 is 16.1. The van der Waals surface area contributed by atoms with Crippen molar-refractivity contribution < 1.29 is 24.2 Å². The van der Waals surface area contributed by atoms with Crippen LogP contribution in [-0.2, 0) is 8.85 Å². The molecule has 0 saturated heterocycles. The van der Waals surface area contributed by atoms with E-state index in [4.69, 9.17) is 8.85 Å². The van der Waals surface area contributed by atoms with Crippen molar-refractivity contribution in [2.24, 2.45) is 35.5 Å². The van der Waals surface area contributed by atoms with Crippen molar-refractivity contribution in [3.05, 3.63) is 47.1 Å². The number of halogens is 1. The lowest BCUT2D eigenvalue weighted by atomic mass is 9.82. The van der Waals surface area contributed by atoms with Crippen molar-refractivity contribution in [1.29, 1.82) is 0 Å². The van der Waals surface area contributed by atoms with Crippen LogP contribution >= 0.6 is 22.6 Å². The zero-order chi connectivity index (χ0) is 38.5. The number of aliphatic hydroxyl groups is 3. The minimum atomic E-state index is -2.08. The summed E-state index contributed by atoms with van der Waals surface area (Å²) in [5.74, 6) is 0.837. The Morgan fingerprint density at radius 2 is 1.22 bits per heavy atom. The minimum absolute atomic E-state index is 0.00596. The molecule has 0 heterocycles. The fourth-order valence-corrected chi connectivity index (χ4v) is 9.42.